The van der Waals surface area contributed by atoms with Crippen molar-refractivity contribution in [2.24, 2.45) is 0 Å². The predicted octanol–water partition coefficient (Wildman–Crippen LogP) is -2.43. The van der Waals surface area contributed by atoms with Gasteiger partial charge in [0.15, 0.2) is 0 Å². The number of ketones is 1. The zero-order valence-corrected chi connectivity index (χ0v) is 8.49. The quantitative estimate of drug-likeness (QED) is 0.338. The third-order valence-corrected chi connectivity index (χ3v) is 2.78. The number of hydrogen-bond acceptors (Lipinski definition) is 3. The summed E-state index contributed by atoms with van der Waals surface area (Å²) < 4.78 is 0.969. The molecule has 0 aromatic carbocycles. The van der Waals surface area contributed by atoms with E-state index < -0.39 is 0 Å². The van der Waals surface area contributed by atoms with Gasteiger partial charge in [0.25, 0.3) is 0 Å². The molecule has 0 saturated carbocycles. The summed E-state index contributed by atoms with van der Waals surface area (Å²) in [5.41, 5.74) is 0.476. The Bertz CT molecular complexity index is 275. The average molecular weight is 263 g/mol. The molecule has 4 heteroatoms. The Labute approximate surface area is 75.5 Å². The molecular weight excluding hydrogens is 255 g/mol. The normalized spacial score (nSPS) is 10.0. The van der Waals surface area contributed by atoms with E-state index >= 15 is 0 Å². The molecule has 1 heterocycles. The van der Waals surface area contributed by atoms with E-state index in [0.717, 1.165) is 3.70 Å². The van der Waals surface area contributed by atoms with E-state index in [-0.39, 0.29) is 27.0 Å². The van der Waals surface area contributed by atoms with E-state index in [1.807, 2.05) is 0 Å². The van der Waals surface area contributed by atoms with Crippen LogP contribution in [-0.2, 0) is 0 Å². The van der Waals surface area contributed by atoms with Gasteiger partial charge in [-0.1, -0.05) is 0 Å². The van der Waals surface area contributed by atoms with Gasteiger partial charge in [0.1, 0.15) is 0 Å². The maximum atomic E-state index is 10.8. The van der Waals surface area contributed by atoms with Gasteiger partial charge in [0, 0.05) is 0 Å². The number of carbonyl (C=O) groups is 1. The summed E-state index contributed by atoms with van der Waals surface area (Å²) in [5, 5.41) is 0. The molecule has 0 aliphatic rings. The average Bonchev–Trinajstić information content (AvgIpc) is 2.05. The van der Waals surface area contributed by atoms with Crippen molar-refractivity contribution >= 4 is 5.78 Å². The number of halogens is 1. The summed E-state index contributed by atoms with van der Waals surface area (Å²) in [6.45, 7) is 1.50. The van der Waals surface area contributed by atoms with Gasteiger partial charge in [-0.05, 0) is 0 Å². The van der Waals surface area contributed by atoms with Crippen LogP contribution in [0.15, 0.2) is 12.4 Å². The van der Waals surface area contributed by atoms with Crippen molar-refractivity contribution in [1.82, 2.24) is 9.97 Å². The first-order chi connectivity index (χ1) is 5.24. The fourth-order valence-electron chi connectivity index (χ4n) is 0.603. The second-order valence-corrected chi connectivity index (χ2v) is 4.16. The Hall–Kier alpha value is -0.520. The van der Waals surface area contributed by atoms with Crippen LogP contribution in [0.2, 0.25) is 0 Å². The molecule has 0 fully saturated rings. The molecular formula is C7H8IN2O-. The number of alkyl halides is 1. The molecule has 0 atom stereocenters. The van der Waals surface area contributed by atoms with Crippen molar-refractivity contribution < 1.29 is 26.0 Å². The summed E-state index contributed by atoms with van der Waals surface area (Å²) >= 11 is -0.0588. The second-order valence-electron chi connectivity index (χ2n) is 1.97. The van der Waals surface area contributed by atoms with Crippen molar-refractivity contribution in [3.8, 4) is 0 Å². The molecule has 0 saturated heterocycles. The molecule has 0 spiro atoms. The van der Waals surface area contributed by atoms with Crippen molar-refractivity contribution in [2.45, 2.75) is 6.92 Å². The second kappa shape index (κ2) is 3.75. The fourth-order valence-corrected chi connectivity index (χ4v) is 1.54. The van der Waals surface area contributed by atoms with Crippen LogP contribution >= 0.6 is 0 Å². The first-order valence-corrected chi connectivity index (χ1v) is 6.30. The van der Waals surface area contributed by atoms with Gasteiger partial charge in [-0.3, -0.25) is 0 Å². The number of hydrogen-bond donors (Lipinski definition) is 0. The summed E-state index contributed by atoms with van der Waals surface area (Å²) in [6, 6.07) is 0. The Morgan fingerprint density at radius 1 is 1.55 bits per heavy atom. The molecule has 0 N–H and O–H groups in total. The Balaban J connectivity index is 3.01. The molecule has 0 radical (unpaired) electrons. The topological polar surface area (TPSA) is 42.9 Å². The van der Waals surface area contributed by atoms with Crippen LogP contribution in [0.1, 0.15) is 17.4 Å². The summed E-state index contributed by atoms with van der Waals surface area (Å²) in [7, 11) is 0. The summed E-state index contributed by atoms with van der Waals surface area (Å²) in [4.78, 5) is 21.0. The molecule has 3 nitrogen and oxygen atoms in total. The van der Waals surface area contributed by atoms with E-state index in [1.165, 1.54) is 13.1 Å². The van der Waals surface area contributed by atoms with E-state index in [4.69, 9.17) is 0 Å². The molecule has 1 aromatic rings. The number of aromatic nitrogens is 2. The number of nitrogens with zero attached hydrogens (tertiary/aromatic N) is 2. The molecule has 0 bridgehead atoms. The van der Waals surface area contributed by atoms with E-state index in [2.05, 4.69) is 14.9 Å². The summed E-state index contributed by atoms with van der Waals surface area (Å²) in [5.74, 6) is -0.0168. The molecule has 60 valence electrons. The first-order valence-electron chi connectivity index (χ1n) is 3.06. The molecule has 1 aromatic heterocycles. The van der Waals surface area contributed by atoms with Gasteiger partial charge in [-0.15, -0.1) is 0 Å². The van der Waals surface area contributed by atoms with Crippen LogP contribution in [0.3, 0.4) is 0 Å². The van der Waals surface area contributed by atoms with Crippen LogP contribution in [0.25, 0.3) is 0 Å². The van der Waals surface area contributed by atoms with Crippen molar-refractivity contribution in [3.05, 3.63) is 21.8 Å². The minimum absolute atomic E-state index is 0.0168. The number of rotatable bonds is 2. The first kappa shape index (κ1) is 8.58. The molecule has 0 unspecified atom stereocenters. The van der Waals surface area contributed by atoms with E-state index in [0.29, 0.717) is 5.69 Å². The zero-order chi connectivity index (χ0) is 8.27. The predicted molar refractivity (Wildman–Crippen MR) is 36.7 cm³/mol. The van der Waals surface area contributed by atoms with Gasteiger partial charge < -0.3 is 0 Å². The Morgan fingerprint density at radius 2 is 2.27 bits per heavy atom. The number of Topliss-reactive ketones (excluding diaryl/α,β-unsaturated/α-hetero) is 1. The maximum absolute atomic E-state index is 10.8. The van der Waals surface area contributed by atoms with Gasteiger partial charge >= 0.3 is 75.4 Å². The Morgan fingerprint density at radius 3 is 2.82 bits per heavy atom. The van der Waals surface area contributed by atoms with Gasteiger partial charge in [0.05, 0.1) is 0 Å². The van der Waals surface area contributed by atoms with Gasteiger partial charge in [-0.2, -0.15) is 0 Å². The third-order valence-electron chi connectivity index (χ3n) is 1.16. The van der Waals surface area contributed by atoms with Gasteiger partial charge in [0.2, 0.25) is 0 Å². The molecule has 0 aliphatic heterocycles. The zero-order valence-electron chi connectivity index (χ0n) is 6.34. The molecule has 11 heavy (non-hydrogen) atoms. The van der Waals surface area contributed by atoms with Crippen molar-refractivity contribution in [2.75, 3.05) is 4.93 Å². The SMILES string of the molecule is C[I-]c1cncc(C(C)=O)n1. The third kappa shape index (κ3) is 2.21. The summed E-state index contributed by atoms with van der Waals surface area (Å²) in [6.07, 6.45) is 3.23. The van der Waals surface area contributed by atoms with Crippen molar-refractivity contribution in [3.63, 3.8) is 0 Å². The van der Waals surface area contributed by atoms with Crippen LogP contribution in [-0.4, -0.2) is 20.7 Å². The standard InChI is InChI=1S/C7H8IN2O/c1-5(11)6-3-9-4-7(8-2)10-6/h3-4H,1-2H3/q-1. The molecule has 0 amide bonds. The van der Waals surface area contributed by atoms with Gasteiger partial charge in [-0.25, -0.2) is 0 Å². The minimum atomic E-state index is -0.0588. The molecule has 1 rings (SSSR count). The van der Waals surface area contributed by atoms with Crippen molar-refractivity contribution in [1.29, 1.82) is 0 Å². The van der Waals surface area contributed by atoms with Crippen LogP contribution in [0.4, 0.5) is 0 Å². The monoisotopic (exact) mass is 263 g/mol. The fraction of sp³-hybridized carbons (Fsp3) is 0.286. The van der Waals surface area contributed by atoms with E-state index in [1.54, 1.807) is 6.20 Å². The Kier molecular flexibility index (Phi) is 2.92. The number of carbonyl (C=O) groups excluding carboxylic acids is 1. The van der Waals surface area contributed by atoms with Crippen LogP contribution < -0.4 is 21.2 Å². The van der Waals surface area contributed by atoms with Crippen LogP contribution in [0, 0.1) is 3.70 Å². The van der Waals surface area contributed by atoms with Crippen LogP contribution in [0.5, 0.6) is 0 Å². The molecule has 0 aliphatic carbocycles. The van der Waals surface area contributed by atoms with E-state index in [9.17, 15) is 4.79 Å².